The van der Waals surface area contributed by atoms with E-state index in [1.54, 1.807) is 53.6 Å². The molecule has 0 aliphatic heterocycles. The van der Waals surface area contributed by atoms with E-state index in [4.69, 9.17) is 11.6 Å². The van der Waals surface area contributed by atoms with Gasteiger partial charge in [0.25, 0.3) is 5.91 Å². The lowest BCUT2D eigenvalue weighted by Crippen LogP contribution is -2.13. The van der Waals surface area contributed by atoms with Gasteiger partial charge in [0.05, 0.1) is 16.3 Å². The molecule has 0 radical (unpaired) electrons. The lowest BCUT2D eigenvalue weighted by molar-refractivity contribution is 0.102. The number of amides is 1. The molecule has 10 heteroatoms. The number of anilines is 1. The molecule has 3 aromatic heterocycles. The minimum Gasteiger partial charge on any atom is -0.298 e. The average molecular weight is 387 g/mol. The molecule has 4 rings (SSSR count). The van der Waals surface area contributed by atoms with Crippen LogP contribution in [0.15, 0.2) is 46.7 Å². The molecule has 1 aromatic carbocycles. The second kappa shape index (κ2) is 6.70. The Morgan fingerprint density at radius 2 is 2.23 bits per heavy atom. The molecule has 26 heavy (non-hydrogen) atoms. The number of halogens is 1. The highest BCUT2D eigenvalue weighted by Crippen LogP contribution is 2.26. The predicted octanol–water partition coefficient (Wildman–Crippen LogP) is 3.59. The number of nitrogens with one attached hydrogen (secondary N) is 1. The Hall–Kier alpha value is -3.04. The number of aryl methyl sites for hydroxylation is 1. The van der Waals surface area contributed by atoms with Crippen molar-refractivity contribution in [3.63, 3.8) is 0 Å². The van der Waals surface area contributed by atoms with Crippen LogP contribution in [0.2, 0.25) is 5.02 Å². The van der Waals surface area contributed by atoms with Gasteiger partial charge in [-0.3, -0.25) is 10.1 Å². The van der Waals surface area contributed by atoms with Gasteiger partial charge in [-0.25, -0.2) is 14.3 Å². The van der Waals surface area contributed by atoms with Gasteiger partial charge < -0.3 is 0 Å². The van der Waals surface area contributed by atoms with Gasteiger partial charge in [0, 0.05) is 17.8 Å². The number of thiazole rings is 1. The normalized spacial score (nSPS) is 10.8. The Bertz CT molecular complexity index is 1070. The molecule has 0 fully saturated rings. The molecular weight excluding hydrogens is 376 g/mol. The fourth-order valence-corrected chi connectivity index (χ4v) is 3.21. The number of carbonyl (C=O) groups is 1. The maximum absolute atomic E-state index is 12.6. The van der Waals surface area contributed by atoms with Crippen LogP contribution in [0.25, 0.3) is 17.1 Å². The Morgan fingerprint density at radius 3 is 2.96 bits per heavy atom. The summed E-state index contributed by atoms with van der Waals surface area (Å²) in [6.45, 7) is 1.77. The van der Waals surface area contributed by atoms with E-state index in [2.05, 4.69) is 30.3 Å². The molecule has 3 heterocycles. The zero-order valence-electron chi connectivity index (χ0n) is 13.4. The Morgan fingerprint density at radius 1 is 1.35 bits per heavy atom. The smallest absolute Gasteiger partial charge is 0.259 e. The summed E-state index contributed by atoms with van der Waals surface area (Å²) in [7, 11) is 0. The molecule has 130 valence electrons. The summed E-state index contributed by atoms with van der Waals surface area (Å²) in [6.07, 6.45) is 3.44. The topological polar surface area (TPSA) is 98.7 Å². The number of hydrogen-bond donors (Lipinski definition) is 1. The molecular formula is C16H11ClN6O2S. The second-order valence-electron chi connectivity index (χ2n) is 5.31. The van der Waals surface area contributed by atoms with Gasteiger partial charge in [-0.1, -0.05) is 16.8 Å². The number of nitrogens with zero attached hydrogens (tertiary/aromatic N) is 5. The minimum atomic E-state index is -0.361. The van der Waals surface area contributed by atoms with E-state index in [0.717, 1.165) is 5.69 Å². The maximum Gasteiger partial charge on any atom is 0.259 e. The SMILES string of the molecule is Cc1nonc1-c1csc(NC(=O)c2cc(-n3cccn3)ccc2Cl)n1. The molecule has 0 atom stereocenters. The van der Waals surface area contributed by atoms with E-state index in [0.29, 0.717) is 32.8 Å². The Kier molecular flexibility index (Phi) is 4.23. The predicted molar refractivity (Wildman–Crippen MR) is 96.7 cm³/mol. The monoisotopic (exact) mass is 386 g/mol. The largest absolute Gasteiger partial charge is 0.298 e. The summed E-state index contributed by atoms with van der Waals surface area (Å²) in [6, 6.07) is 6.91. The van der Waals surface area contributed by atoms with Crippen LogP contribution in [0.3, 0.4) is 0 Å². The molecule has 0 bridgehead atoms. The molecule has 0 aliphatic rings. The molecule has 0 spiro atoms. The Balaban J connectivity index is 1.58. The number of carbonyl (C=O) groups excluding carboxylic acids is 1. The van der Waals surface area contributed by atoms with Crippen molar-refractivity contribution < 1.29 is 9.42 Å². The van der Waals surface area contributed by atoms with E-state index >= 15 is 0 Å². The number of aromatic nitrogens is 5. The van der Waals surface area contributed by atoms with Crippen molar-refractivity contribution in [2.75, 3.05) is 5.32 Å². The van der Waals surface area contributed by atoms with Gasteiger partial charge in [-0.2, -0.15) is 5.10 Å². The van der Waals surface area contributed by atoms with Crippen LogP contribution in [0.4, 0.5) is 5.13 Å². The van der Waals surface area contributed by atoms with Gasteiger partial charge in [0.2, 0.25) is 0 Å². The van der Waals surface area contributed by atoms with Crippen LogP contribution in [-0.2, 0) is 0 Å². The fraction of sp³-hybridized carbons (Fsp3) is 0.0625. The number of rotatable bonds is 4. The average Bonchev–Trinajstić information content (AvgIpc) is 3.36. The summed E-state index contributed by atoms with van der Waals surface area (Å²) in [4.78, 5) is 17.0. The molecule has 0 unspecified atom stereocenters. The summed E-state index contributed by atoms with van der Waals surface area (Å²) >= 11 is 7.46. The first-order valence-corrected chi connectivity index (χ1v) is 8.73. The van der Waals surface area contributed by atoms with Crippen molar-refractivity contribution in [1.82, 2.24) is 25.1 Å². The van der Waals surface area contributed by atoms with Crippen molar-refractivity contribution in [3.05, 3.63) is 58.3 Å². The second-order valence-corrected chi connectivity index (χ2v) is 6.57. The van der Waals surface area contributed by atoms with E-state index in [1.165, 1.54) is 11.3 Å². The highest BCUT2D eigenvalue weighted by molar-refractivity contribution is 7.14. The highest BCUT2D eigenvalue weighted by atomic mass is 35.5. The quantitative estimate of drug-likeness (QED) is 0.575. The van der Waals surface area contributed by atoms with Gasteiger partial charge in [0.1, 0.15) is 11.4 Å². The fourth-order valence-electron chi connectivity index (χ4n) is 2.32. The van der Waals surface area contributed by atoms with Gasteiger partial charge >= 0.3 is 0 Å². The molecule has 0 saturated heterocycles. The van der Waals surface area contributed by atoms with Crippen LogP contribution in [-0.4, -0.2) is 31.0 Å². The third-order valence-electron chi connectivity index (χ3n) is 3.58. The van der Waals surface area contributed by atoms with Crippen molar-refractivity contribution in [2.24, 2.45) is 0 Å². The van der Waals surface area contributed by atoms with E-state index in [1.807, 2.05) is 0 Å². The van der Waals surface area contributed by atoms with Crippen molar-refractivity contribution >= 4 is 34.0 Å². The van der Waals surface area contributed by atoms with Crippen LogP contribution in [0, 0.1) is 6.92 Å². The van der Waals surface area contributed by atoms with Crippen molar-refractivity contribution in [2.45, 2.75) is 6.92 Å². The standard InChI is InChI=1S/C16H11ClN6O2S/c1-9-14(22-25-21-9)13-8-26-16(19-13)20-15(24)11-7-10(3-4-12(11)17)23-6-2-5-18-23/h2-8H,1H3,(H,19,20,24). The van der Waals surface area contributed by atoms with Crippen molar-refractivity contribution in [1.29, 1.82) is 0 Å². The van der Waals surface area contributed by atoms with Crippen molar-refractivity contribution in [3.8, 4) is 17.1 Å². The third-order valence-corrected chi connectivity index (χ3v) is 4.67. The molecule has 4 aromatic rings. The molecule has 1 amide bonds. The molecule has 8 nitrogen and oxygen atoms in total. The first-order chi connectivity index (χ1) is 12.6. The maximum atomic E-state index is 12.6. The van der Waals surface area contributed by atoms with Crippen LogP contribution in [0.1, 0.15) is 16.1 Å². The zero-order chi connectivity index (χ0) is 18.1. The summed E-state index contributed by atoms with van der Waals surface area (Å²) in [5, 5.41) is 17.0. The molecule has 0 saturated carbocycles. The van der Waals surface area contributed by atoms with E-state index in [-0.39, 0.29) is 5.91 Å². The van der Waals surface area contributed by atoms with Crippen LogP contribution >= 0.6 is 22.9 Å². The minimum absolute atomic E-state index is 0.329. The van der Waals surface area contributed by atoms with Gasteiger partial charge in [-0.05, 0) is 36.3 Å². The lowest BCUT2D eigenvalue weighted by atomic mass is 10.2. The molecule has 0 aliphatic carbocycles. The highest BCUT2D eigenvalue weighted by Gasteiger charge is 2.16. The number of hydrogen-bond acceptors (Lipinski definition) is 7. The first kappa shape index (κ1) is 16.4. The van der Waals surface area contributed by atoms with E-state index in [9.17, 15) is 4.79 Å². The van der Waals surface area contributed by atoms with Gasteiger partial charge in [0.15, 0.2) is 10.8 Å². The third kappa shape index (κ3) is 3.09. The molecule has 1 N–H and O–H groups in total. The van der Waals surface area contributed by atoms with E-state index < -0.39 is 0 Å². The summed E-state index contributed by atoms with van der Waals surface area (Å²) in [5.41, 5.74) is 2.81. The van der Waals surface area contributed by atoms with Crippen LogP contribution in [0.5, 0.6) is 0 Å². The lowest BCUT2D eigenvalue weighted by Gasteiger charge is -2.07. The Labute approximate surface area is 156 Å². The van der Waals surface area contributed by atoms with Crippen LogP contribution < -0.4 is 5.32 Å². The summed E-state index contributed by atoms with van der Waals surface area (Å²) in [5.74, 6) is -0.361. The number of benzene rings is 1. The summed E-state index contributed by atoms with van der Waals surface area (Å²) < 4.78 is 6.32. The first-order valence-electron chi connectivity index (χ1n) is 7.48. The van der Waals surface area contributed by atoms with Gasteiger partial charge in [-0.15, -0.1) is 11.3 Å². The zero-order valence-corrected chi connectivity index (χ0v) is 15.0.